The average molecular weight is 465 g/mol. The Morgan fingerprint density at radius 2 is 1.94 bits per heavy atom. The maximum Gasteiger partial charge on any atom is 0.193 e. The van der Waals surface area contributed by atoms with E-state index in [0.717, 1.165) is 0 Å². The van der Waals surface area contributed by atoms with E-state index in [4.69, 9.17) is 9.47 Å². The summed E-state index contributed by atoms with van der Waals surface area (Å²) in [5.41, 5.74) is -5.01. The number of aliphatic hydroxyl groups is 2. The van der Waals surface area contributed by atoms with Gasteiger partial charge in [-0.25, -0.2) is 4.39 Å². The van der Waals surface area contributed by atoms with Crippen molar-refractivity contribution in [3.63, 3.8) is 0 Å². The van der Waals surface area contributed by atoms with Crippen molar-refractivity contribution in [1.29, 1.82) is 0 Å². The molecule has 5 rings (SSSR count). The summed E-state index contributed by atoms with van der Waals surface area (Å²) in [5.74, 6) is -3.67. The van der Waals surface area contributed by atoms with Crippen LogP contribution < -0.4 is 0 Å². The summed E-state index contributed by atoms with van der Waals surface area (Å²) in [4.78, 5) is 37.2. The normalized spacial score (nSPS) is 52.3. The first kappa shape index (κ1) is 23.3. The molecule has 33 heavy (non-hydrogen) atoms. The van der Waals surface area contributed by atoms with Gasteiger partial charge in [0.15, 0.2) is 17.2 Å². The van der Waals surface area contributed by atoms with E-state index >= 15 is 4.39 Å². The molecule has 1 unspecified atom stereocenters. The van der Waals surface area contributed by atoms with Gasteiger partial charge in [-0.2, -0.15) is 0 Å². The van der Waals surface area contributed by atoms with Gasteiger partial charge in [-0.05, 0) is 45.4 Å². The molecule has 8 heteroatoms. The molecule has 3 saturated carbocycles. The number of ether oxygens (including phenoxy) is 2. The zero-order valence-electron chi connectivity index (χ0n) is 19.6. The van der Waals surface area contributed by atoms with Gasteiger partial charge in [0.25, 0.3) is 0 Å². The van der Waals surface area contributed by atoms with Crippen LogP contribution in [0.3, 0.4) is 0 Å². The SMILES string of the molecule is CC1(C)O[C@@H]2C[C@H]3[C@@H]4CC=C5CC(=O)C(C=O)C[C@]5(C)[C@@]4(F)[C@@H](O)C[C@]3(C)[C@]2(C(=O)CO)O1. The molecule has 1 heterocycles. The Morgan fingerprint density at radius 1 is 1.24 bits per heavy atom. The molecule has 2 N–H and O–H groups in total. The minimum atomic E-state index is -2.07. The highest BCUT2D eigenvalue weighted by Gasteiger charge is 2.80. The van der Waals surface area contributed by atoms with Crippen LogP contribution in [-0.4, -0.2) is 63.9 Å². The summed E-state index contributed by atoms with van der Waals surface area (Å²) in [6.45, 7) is 6.26. The number of halogens is 1. The van der Waals surface area contributed by atoms with Crippen LogP contribution in [0.5, 0.6) is 0 Å². The Labute approximate surface area is 192 Å². The van der Waals surface area contributed by atoms with Gasteiger partial charge in [0, 0.05) is 23.2 Å². The molecule has 4 fully saturated rings. The van der Waals surface area contributed by atoms with Gasteiger partial charge in [0.05, 0.1) is 18.1 Å². The van der Waals surface area contributed by atoms with Crippen molar-refractivity contribution in [3.8, 4) is 0 Å². The van der Waals surface area contributed by atoms with Crippen molar-refractivity contribution in [2.45, 2.75) is 89.1 Å². The smallest absolute Gasteiger partial charge is 0.193 e. The van der Waals surface area contributed by atoms with Crippen molar-refractivity contribution in [3.05, 3.63) is 11.6 Å². The number of carbonyl (C=O) groups excluding carboxylic acids is 3. The minimum absolute atomic E-state index is 0.0168. The van der Waals surface area contributed by atoms with Gasteiger partial charge in [-0.1, -0.05) is 25.5 Å². The van der Waals surface area contributed by atoms with Crippen molar-refractivity contribution < 1.29 is 38.5 Å². The molecule has 0 amide bonds. The number of Topliss-reactive ketones (excluding diaryl/α,β-unsaturated/α-hetero) is 2. The number of rotatable bonds is 3. The number of hydrogen-bond acceptors (Lipinski definition) is 7. The van der Waals surface area contributed by atoms with E-state index in [1.165, 1.54) is 0 Å². The Balaban J connectivity index is 1.63. The van der Waals surface area contributed by atoms with Crippen molar-refractivity contribution in [1.82, 2.24) is 0 Å². The summed E-state index contributed by atoms with van der Waals surface area (Å²) in [6, 6.07) is 0. The van der Waals surface area contributed by atoms with Crippen LogP contribution in [0.2, 0.25) is 0 Å². The lowest BCUT2D eigenvalue weighted by Crippen LogP contribution is -2.70. The Morgan fingerprint density at radius 3 is 2.58 bits per heavy atom. The molecule has 0 aromatic rings. The van der Waals surface area contributed by atoms with Crippen molar-refractivity contribution in [2.75, 3.05) is 6.61 Å². The number of carbonyl (C=O) groups is 3. The number of ketones is 2. The molecule has 1 saturated heterocycles. The Bertz CT molecular complexity index is 960. The second-order valence-corrected chi connectivity index (χ2v) is 11.7. The topological polar surface area (TPSA) is 110 Å². The standard InChI is InChI=1S/C25H33FO7/c1-21(2)32-20-8-16-15-6-5-14-7-17(29)13(11-27)9-22(14,3)24(15,26)18(30)10-23(16,4)25(20,33-21)19(31)12-28/h5,11,13,15-16,18,20,28,30H,6-10,12H2,1-4H3/t13?,15-,16-,18-,20+,22-,23-,24-,25+/m0/s1. The molecule has 0 aromatic carbocycles. The average Bonchev–Trinajstić information content (AvgIpc) is 3.15. The molecule has 0 spiro atoms. The van der Waals surface area contributed by atoms with Crippen molar-refractivity contribution in [2.24, 2.45) is 28.6 Å². The first-order chi connectivity index (χ1) is 15.3. The zero-order valence-corrected chi connectivity index (χ0v) is 19.6. The fraction of sp³-hybridized carbons (Fsp3) is 0.800. The first-order valence-corrected chi connectivity index (χ1v) is 11.9. The highest BCUT2D eigenvalue weighted by Crippen LogP contribution is 2.72. The van der Waals surface area contributed by atoms with Crippen LogP contribution in [0.15, 0.2) is 11.6 Å². The lowest BCUT2D eigenvalue weighted by molar-refractivity contribution is -0.249. The monoisotopic (exact) mass is 464 g/mol. The lowest BCUT2D eigenvalue weighted by atomic mass is 9.43. The Hall–Kier alpha value is -1.48. The molecule has 0 aromatic heterocycles. The molecular formula is C25H33FO7. The van der Waals surface area contributed by atoms with E-state index in [1.54, 1.807) is 20.8 Å². The van der Waals surface area contributed by atoms with Crippen LogP contribution >= 0.6 is 0 Å². The third kappa shape index (κ3) is 2.56. The van der Waals surface area contributed by atoms with Crippen LogP contribution in [0.4, 0.5) is 4.39 Å². The predicted octanol–water partition coefficient (Wildman–Crippen LogP) is 2.07. The van der Waals surface area contributed by atoms with Gasteiger partial charge in [-0.15, -0.1) is 0 Å². The maximum atomic E-state index is 17.4. The van der Waals surface area contributed by atoms with E-state index < -0.39 is 64.3 Å². The quantitative estimate of drug-likeness (QED) is 0.374. The summed E-state index contributed by atoms with van der Waals surface area (Å²) >= 11 is 0. The predicted molar refractivity (Wildman–Crippen MR) is 114 cm³/mol. The lowest BCUT2D eigenvalue weighted by Gasteiger charge is -2.63. The van der Waals surface area contributed by atoms with Gasteiger partial charge in [0.2, 0.25) is 0 Å². The fourth-order valence-corrected chi connectivity index (χ4v) is 8.45. The minimum Gasteiger partial charge on any atom is -0.390 e. The summed E-state index contributed by atoms with van der Waals surface area (Å²) in [6.07, 6.45) is 1.07. The number of allylic oxidation sites excluding steroid dienone is 2. The molecule has 5 aliphatic rings. The van der Waals surface area contributed by atoms with Crippen LogP contribution in [0.1, 0.15) is 59.8 Å². The first-order valence-electron chi connectivity index (χ1n) is 11.9. The van der Waals surface area contributed by atoms with Gasteiger partial charge in [0.1, 0.15) is 24.3 Å². The maximum absolute atomic E-state index is 17.4. The highest BCUT2D eigenvalue weighted by molar-refractivity contribution is 5.96. The van der Waals surface area contributed by atoms with E-state index in [9.17, 15) is 24.6 Å². The van der Waals surface area contributed by atoms with E-state index in [1.807, 2.05) is 13.0 Å². The molecule has 4 aliphatic carbocycles. The largest absolute Gasteiger partial charge is 0.390 e. The van der Waals surface area contributed by atoms with E-state index in [0.29, 0.717) is 24.7 Å². The molecular weight excluding hydrogens is 431 g/mol. The number of alkyl halides is 1. The fourth-order valence-electron chi connectivity index (χ4n) is 8.45. The molecule has 9 atom stereocenters. The number of hydrogen-bond donors (Lipinski definition) is 2. The number of fused-ring (bicyclic) bond motifs is 7. The van der Waals surface area contributed by atoms with Crippen LogP contribution in [0, 0.1) is 28.6 Å². The van der Waals surface area contributed by atoms with E-state index in [-0.39, 0.29) is 31.0 Å². The molecule has 1 aliphatic heterocycles. The second-order valence-electron chi connectivity index (χ2n) is 11.7. The molecule has 182 valence electrons. The Kier molecular flexibility index (Phi) is 4.80. The molecule has 0 radical (unpaired) electrons. The third-order valence-electron chi connectivity index (χ3n) is 9.85. The van der Waals surface area contributed by atoms with Gasteiger partial charge in [-0.3, -0.25) is 9.59 Å². The zero-order chi connectivity index (χ0) is 24.2. The number of aldehydes is 1. The van der Waals surface area contributed by atoms with Crippen LogP contribution in [-0.2, 0) is 23.9 Å². The molecule has 7 nitrogen and oxygen atoms in total. The molecule has 0 bridgehead atoms. The summed E-state index contributed by atoms with van der Waals surface area (Å²) in [5, 5.41) is 21.3. The van der Waals surface area contributed by atoms with E-state index in [2.05, 4.69) is 0 Å². The second kappa shape index (κ2) is 6.80. The van der Waals surface area contributed by atoms with Crippen molar-refractivity contribution >= 4 is 17.9 Å². The highest BCUT2D eigenvalue weighted by atomic mass is 19.1. The van der Waals surface area contributed by atoms with Gasteiger partial charge < -0.3 is 24.5 Å². The van der Waals surface area contributed by atoms with Crippen LogP contribution in [0.25, 0.3) is 0 Å². The summed E-state index contributed by atoms with van der Waals surface area (Å²) in [7, 11) is 0. The third-order valence-corrected chi connectivity index (χ3v) is 9.85. The van der Waals surface area contributed by atoms with Gasteiger partial charge >= 0.3 is 0 Å². The summed E-state index contributed by atoms with van der Waals surface area (Å²) < 4.78 is 29.8. The number of aliphatic hydroxyl groups excluding tert-OH is 2.